The van der Waals surface area contributed by atoms with Crippen molar-refractivity contribution in [3.8, 4) is 29.0 Å². The predicted molar refractivity (Wildman–Crippen MR) is 266 cm³/mol. The Balaban J connectivity index is 0.875. The molecule has 1 saturated heterocycles. The first-order chi connectivity index (χ1) is 33.1. The van der Waals surface area contributed by atoms with Gasteiger partial charge in [-0.15, -0.1) is 0 Å². The van der Waals surface area contributed by atoms with E-state index in [2.05, 4.69) is 32.3 Å². The molecule has 2 aliphatic rings. The first-order valence-corrected chi connectivity index (χ1v) is 23.8. The fraction of sp³-hybridized carbons (Fsp3) is 0.389. The van der Waals surface area contributed by atoms with E-state index in [-0.39, 0.29) is 48.0 Å². The zero-order chi connectivity index (χ0) is 50.7. The summed E-state index contributed by atoms with van der Waals surface area (Å²) in [6.45, 7) is 17.5. The third-order valence-electron chi connectivity index (χ3n) is 13.4. The topological polar surface area (TPSA) is 197 Å². The van der Waals surface area contributed by atoms with Crippen LogP contribution in [0.1, 0.15) is 112 Å². The fourth-order valence-electron chi connectivity index (χ4n) is 9.85. The molecule has 0 bridgehead atoms. The zero-order valence-electron chi connectivity index (χ0n) is 41.1. The van der Waals surface area contributed by atoms with Gasteiger partial charge in [0.2, 0.25) is 17.7 Å². The van der Waals surface area contributed by atoms with Gasteiger partial charge in [-0.2, -0.15) is 5.26 Å². The SMILES string of the molecule is Cc1nccn1-c1ccc([C@H](C)NC(=O)[C@@H]2CCCN2C(=O)C(NC(=O)CNC(=O)c2ccc(Oc3ccc(C(=O)N[C@H]4C(C)(C)[C@H](Oc5ccc(C#N)c(Cl)c5)C4(C)C)cc3)cc2)C(C)(C)C)cc1. The highest BCUT2D eigenvalue weighted by atomic mass is 35.5. The van der Waals surface area contributed by atoms with Crippen LogP contribution in [0, 0.1) is 34.5 Å². The van der Waals surface area contributed by atoms with Crippen molar-refractivity contribution in [2.45, 2.75) is 105 Å². The van der Waals surface area contributed by atoms with Gasteiger partial charge in [-0.05, 0) is 110 Å². The molecule has 1 aliphatic heterocycles. The Kier molecular flexibility index (Phi) is 14.8. The molecule has 7 rings (SSSR count). The Morgan fingerprint density at radius 2 is 1.46 bits per heavy atom. The predicted octanol–water partition coefficient (Wildman–Crippen LogP) is 8.24. The lowest BCUT2D eigenvalue weighted by Crippen LogP contribution is -2.74. The minimum Gasteiger partial charge on any atom is -0.489 e. The van der Waals surface area contributed by atoms with E-state index in [0.29, 0.717) is 52.8 Å². The highest BCUT2D eigenvalue weighted by molar-refractivity contribution is 6.31. The summed E-state index contributed by atoms with van der Waals surface area (Å²) >= 11 is 6.24. The molecule has 2 fully saturated rings. The lowest BCUT2D eigenvalue weighted by Gasteiger charge is -2.63. The van der Waals surface area contributed by atoms with E-state index < -0.39 is 40.1 Å². The molecule has 0 radical (unpaired) electrons. The monoisotopic (exact) mass is 968 g/mol. The van der Waals surface area contributed by atoms with Crippen LogP contribution < -0.4 is 30.7 Å². The first kappa shape index (κ1) is 50.7. The average molecular weight is 970 g/mol. The van der Waals surface area contributed by atoms with Crippen molar-refractivity contribution in [3.63, 3.8) is 0 Å². The van der Waals surface area contributed by atoms with Gasteiger partial charge in [0, 0.05) is 58.7 Å². The number of nitrogens with zero attached hydrogens (tertiary/aromatic N) is 4. The number of rotatable bonds is 15. The summed E-state index contributed by atoms with van der Waals surface area (Å²) in [6, 6.07) is 25.8. The highest BCUT2D eigenvalue weighted by Crippen LogP contribution is 2.55. The first-order valence-electron chi connectivity index (χ1n) is 23.4. The van der Waals surface area contributed by atoms with Crippen molar-refractivity contribution < 1.29 is 33.4 Å². The molecule has 1 aliphatic carbocycles. The van der Waals surface area contributed by atoms with Gasteiger partial charge >= 0.3 is 0 Å². The molecule has 0 spiro atoms. The number of ether oxygens (including phenoxy) is 2. The summed E-state index contributed by atoms with van der Waals surface area (Å²) in [4.78, 5) is 73.5. The van der Waals surface area contributed by atoms with Gasteiger partial charge < -0.3 is 40.2 Å². The van der Waals surface area contributed by atoms with Crippen molar-refractivity contribution >= 4 is 41.1 Å². The largest absolute Gasteiger partial charge is 0.489 e. The number of aryl methyl sites for hydroxylation is 1. The number of likely N-dealkylation sites (tertiary alicyclic amines) is 1. The number of nitriles is 1. The van der Waals surface area contributed by atoms with Gasteiger partial charge in [0.05, 0.1) is 23.2 Å². The van der Waals surface area contributed by atoms with Gasteiger partial charge in [0.1, 0.15) is 47.3 Å². The summed E-state index contributed by atoms with van der Waals surface area (Å²) in [5.74, 6) is 0.433. The normalized spacial score (nSPS) is 18.8. The molecule has 16 heteroatoms. The Bertz CT molecular complexity index is 2780. The molecule has 70 heavy (non-hydrogen) atoms. The Labute approximate surface area is 414 Å². The molecule has 1 unspecified atom stereocenters. The van der Waals surface area contributed by atoms with Gasteiger partial charge in [0.15, 0.2) is 0 Å². The number of amides is 5. The molecule has 1 aromatic heterocycles. The van der Waals surface area contributed by atoms with Gasteiger partial charge in [-0.3, -0.25) is 24.0 Å². The molecule has 5 aromatic rings. The number of imidazole rings is 1. The van der Waals surface area contributed by atoms with E-state index in [0.717, 1.165) is 17.1 Å². The highest BCUT2D eigenvalue weighted by Gasteiger charge is 2.64. The average Bonchev–Trinajstić information content (AvgIpc) is 4.00. The molecule has 4 N–H and O–H groups in total. The standard InChI is InChI=1S/C54H61ClN8O7/c1-32(34-12-19-38(20-13-34)62-28-26-57-33(62)2)59-48(67)43-11-10-27-63(43)49(68)45(52(3,4)5)60-44(64)31-58-46(65)35-14-21-39(22-15-35)69-40-23-16-36(17-24-40)47(66)61-50-53(6,7)51(54(50,8)9)70-41-25-18-37(30-56)42(55)29-41/h12-26,28-29,32,43,45,50-51H,10-11,27,31H2,1-9H3,(H,58,65)(H,59,67)(H,60,64)(H,61,66)/t32-,43-,45?,50-,51-/m0/s1. The Morgan fingerprint density at radius 3 is 2.01 bits per heavy atom. The maximum absolute atomic E-state index is 14.1. The number of aromatic nitrogens is 2. The minimum atomic E-state index is -0.959. The molecule has 2 heterocycles. The third-order valence-corrected chi connectivity index (χ3v) is 13.7. The van der Waals surface area contributed by atoms with E-state index >= 15 is 0 Å². The molecular formula is C54H61ClN8O7. The van der Waals surface area contributed by atoms with Crippen LogP contribution in [0.3, 0.4) is 0 Å². The maximum atomic E-state index is 14.1. The van der Waals surface area contributed by atoms with Crippen LogP contribution in [0.4, 0.5) is 0 Å². The number of hydrogen-bond donors (Lipinski definition) is 4. The summed E-state index contributed by atoms with van der Waals surface area (Å²) in [7, 11) is 0. The number of hydrogen-bond acceptors (Lipinski definition) is 9. The minimum absolute atomic E-state index is 0.212. The smallest absolute Gasteiger partial charge is 0.251 e. The fourth-order valence-corrected chi connectivity index (χ4v) is 10.1. The third kappa shape index (κ3) is 11.0. The second-order valence-corrected chi connectivity index (χ2v) is 20.8. The van der Waals surface area contributed by atoms with Gasteiger partial charge in [-0.1, -0.05) is 72.2 Å². The molecule has 4 aromatic carbocycles. The van der Waals surface area contributed by atoms with Crippen molar-refractivity contribution in [3.05, 3.63) is 136 Å². The number of carbonyl (C=O) groups is 5. The number of carbonyl (C=O) groups excluding carboxylic acids is 5. The molecule has 366 valence electrons. The van der Waals surface area contributed by atoms with Crippen molar-refractivity contribution in [1.82, 2.24) is 35.7 Å². The van der Waals surface area contributed by atoms with Crippen LogP contribution in [0.15, 0.2) is 103 Å². The molecule has 3 atom stereocenters. The summed E-state index contributed by atoms with van der Waals surface area (Å²) in [5.41, 5.74) is 1.42. The van der Waals surface area contributed by atoms with E-state index in [9.17, 15) is 29.2 Å². The lowest BCUT2D eigenvalue weighted by atomic mass is 9.49. The van der Waals surface area contributed by atoms with Crippen LogP contribution in [-0.2, 0) is 14.4 Å². The van der Waals surface area contributed by atoms with Crippen molar-refractivity contribution in [2.24, 2.45) is 16.2 Å². The van der Waals surface area contributed by atoms with Crippen molar-refractivity contribution in [2.75, 3.05) is 13.1 Å². The van der Waals surface area contributed by atoms with E-state index in [1.165, 1.54) is 0 Å². The molecular weight excluding hydrogens is 908 g/mol. The lowest BCUT2D eigenvalue weighted by molar-refractivity contribution is -0.164. The Hall–Kier alpha value is -7.18. The quantitative estimate of drug-likeness (QED) is 0.0799. The zero-order valence-corrected chi connectivity index (χ0v) is 41.8. The van der Waals surface area contributed by atoms with Crippen LogP contribution in [-0.4, -0.2) is 81.3 Å². The Morgan fingerprint density at radius 1 is 0.857 bits per heavy atom. The van der Waals surface area contributed by atoms with Gasteiger partial charge in [0.25, 0.3) is 11.8 Å². The van der Waals surface area contributed by atoms with Crippen LogP contribution in [0.25, 0.3) is 5.69 Å². The molecule has 1 saturated carbocycles. The van der Waals surface area contributed by atoms with Crippen LogP contribution in [0.5, 0.6) is 17.2 Å². The number of halogens is 1. The van der Waals surface area contributed by atoms with Crippen molar-refractivity contribution in [1.29, 1.82) is 5.26 Å². The van der Waals surface area contributed by atoms with E-state index in [1.807, 2.05) is 97.3 Å². The van der Waals surface area contributed by atoms with Crippen LogP contribution in [0.2, 0.25) is 5.02 Å². The number of benzene rings is 4. The molecule has 15 nitrogen and oxygen atoms in total. The van der Waals surface area contributed by atoms with E-state index in [1.54, 1.807) is 77.8 Å². The van der Waals surface area contributed by atoms with E-state index in [4.69, 9.17) is 21.1 Å². The summed E-state index contributed by atoms with van der Waals surface area (Å²) < 4.78 is 14.3. The number of nitrogens with one attached hydrogen (secondary N) is 4. The second kappa shape index (κ2) is 20.4. The molecule has 5 amide bonds. The van der Waals surface area contributed by atoms with Gasteiger partial charge in [-0.25, -0.2) is 4.98 Å². The maximum Gasteiger partial charge on any atom is 0.251 e. The summed E-state index contributed by atoms with van der Waals surface area (Å²) in [6.07, 6.45) is 4.53. The van der Waals surface area contributed by atoms with Crippen LogP contribution >= 0.6 is 11.6 Å². The summed E-state index contributed by atoms with van der Waals surface area (Å²) in [5, 5.41) is 21.3. The second-order valence-electron chi connectivity index (χ2n) is 20.4.